The van der Waals surface area contributed by atoms with E-state index in [1.807, 2.05) is 54.6 Å². The minimum atomic E-state index is -0.170. The first-order valence-electron chi connectivity index (χ1n) is 10.1. The van der Waals surface area contributed by atoms with Crippen LogP contribution >= 0.6 is 0 Å². The summed E-state index contributed by atoms with van der Waals surface area (Å²) in [6.07, 6.45) is 2.24. The van der Waals surface area contributed by atoms with Crippen LogP contribution in [0.1, 0.15) is 38.8 Å². The van der Waals surface area contributed by atoms with Crippen molar-refractivity contribution in [1.29, 1.82) is 0 Å². The number of rotatable bonds is 6. The summed E-state index contributed by atoms with van der Waals surface area (Å²) in [5.74, 6) is 1.97. The number of benzene rings is 1. The highest BCUT2D eigenvalue weighted by Crippen LogP contribution is 2.26. The van der Waals surface area contributed by atoms with E-state index in [-0.39, 0.29) is 17.7 Å². The molecule has 0 saturated heterocycles. The summed E-state index contributed by atoms with van der Waals surface area (Å²) in [5, 5.41) is 11.6. The van der Waals surface area contributed by atoms with Gasteiger partial charge in [0.1, 0.15) is 5.82 Å². The average molecular weight is 416 g/mol. The van der Waals surface area contributed by atoms with Gasteiger partial charge in [0, 0.05) is 36.1 Å². The molecule has 0 aliphatic heterocycles. The maximum Gasteiger partial charge on any atom is 0.227 e. The van der Waals surface area contributed by atoms with Crippen LogP contribution in [-0.4, -0.2) is 30.8 Å². The molecule has 0 atom stereocenters. The fourth-order valence-electron chi connectivity index (χ4n) is 2.98. The van der Waals surface area contributed by atoms with E-state index in [0.717, 1.165) is 11.3 Å². The first kappa shape index (κ1) is 20.5. The van der Waals surface area contributed by atoms with Crippen LogP contribution in [0.3, 0.4) is 0 Å². The molecular weight excluding hydrogens is 392 g/mol. The lowest BCUT2D eigenvalue weighted by Crippen LogP contribution is -2.16. The predicted molar refractivity (Wildman–Crippen MR) is 117 cm³/mol. The number of pyridine rings is 1. The van der Waals surface area contributed by atoms with Gasteiger partial charge in [0.05, 0.1) is 5.69 Å². The van der Waals surface area contributed by atoms with Crippen molar-refractivity contribution in [2.45, 2.75) is 39.0 Å². The zero-order valence-electron chi connectivity index (χ0n) is 17.7. The molecule has 8 nitrogen and oxygen atoms in total. The van der Waals surface area contributed by atoms with E-state index < -0.39 is 0 Å². The van der Waals surface area contributed by atoms with Gasteiger partial charge < -0.3 is 9.84 Å². The highest BCUT2D eigenvalue weighted by atomic mass is 16.5. The van der Waals surface area contributed by atoms with Crippen LogP contribution in [0.2, 0.25) is 0 Å². The minimum Gasteiger partial charge on any atom is -0.339 e. The Hall–Kier alpha value is -3.81. The average Bonchev–Trinajstić information content (AvgIpc) is 3.41. The Kier molecular flexibility index (Phi) is 5.62. The molecule has 0 aliphatic rings. The molecule has 0 fully saturated rings. The van der Waals surface area contributed by atoms with E-state index in [9.17, 15) is 4.79 Å². The third kappa shape index (κ3) is 4.85. The van der Waals surface area contributed by atoms with E-state index >= 15 is 0 Å². The molecule has 1 aromatic carbocycles. The van der Waals surface area contributed by atoms with Crippen molar-refractivity contribution in [2.75, 3.05) is 5.32 Å². The summed E-state index contributed by atoms with van der Waals surface area (Å²) in [6.45, 7) is 6.22. The van der Waals surface area contributed by atoms with Gasteiger partial charge >= 0.3 is 0 Å². The third-order valence-corrected chi connectivity index (χ3v) is 4.68. The molecule has 0 unspecified atom stereocenters. The Bertz CT molecular complexity index is 1160. The molecule has 1 amide bonds. The Labute approximate surface area is 180 Å². The summed E-state index contributed by atoms with van der Waals surface area (Å²) in [6, 6.07) is 17.0. The Balaban J connectivity index is 1.46. The number of nitrogens with one attached hydrogen (secondary N) is 1. The number of amides is 1. The maximum atomic E-state index is 12.6. The molecule has 0 bridgehead atoms. The molecule has 0 aliphatic carbocycles. The number of aromatic nitrogens is 5. The molecule has 1 N–H and O–H groups in total. The van der Waals surface area contributed by atoms with Gasteiger partial charge in [0.2, 0.25) is 17.6 Å². The topological polar surface area (TPSA) is 98.7 Å². The van der Waals surface area contributed by atoms with Gasteiger partial charge in [0.25, 0.3) is 0 Å². The van der Waals surface area contributed by atoms with Gasteiger partial charge in [-0.25, -0.2) is 4.98 Å². The quantitative estimate of drug-likeness (QED) is 0.506. The molecule has 0 spiro atoms. The van der Waals surface area contributed by atoms with Crippen molar-refractivity contribution < 1.29 is 9.32 Å². The molecular formula is C23H24N6O2. The monoisotopic (exact) mass is 416 g/mol. The summed E-state index contributed by atoms with van der Waals surface area (Å²) >= 11 is 0. The van der Waals surface area contributed by atoms with Gasteiger partial charge in [-0.2, -0.15) is 14.8 Å². The van der Waals surface area contributed by atoms with E-state index in [1.165, 1.54) is 0 Å². The van der Waals surface area contributed by atoms with Gasteiger partial charge in [0.15, 0.2) is 5.82 Å². The predicted octanol–water partition coefficient (Wildman–Crippen LogP) is 4.19. The first-order valence-corrected chi connectivity index (χ1v) is 10.1. The standard InChI is InChI=1S/C23H24N6O2/c1-23(2,3)17-15-19(29(27-17)18-11-7-8-14-24-18)25-20(30)12-13-21-26-22(28-31-21)16-9-5-4-6-10-16/h4-11,14-15H,12-13H2,1-3H3,(H,25,30). The zero-order valence-corrected chi connectivity index (χ0v) is 17.7. The highest BCUT2D eigenvalue weighted by Gasteiger charge is 2.22. The summed E-state index contributed by atoms with van der Waals surface area (Å²) in [4.78, 5) is 21.4. The number of nitrogens with zero attached hydrogens (tertiary/aromatic N) is 5. The molecule has 0 radical (unpaired) electrons. The van der Waals surface area contributed by atoms with Crippen molar-refractivity contribution in [3.05, 3.63) is 72.4 Å². The summed E-state index contributed by atoms with van der Waals surface area (Å²) < 4.78 is 6.94. The summed E-state index contributed by atoms with van der Waals surface area (Å²) in [5.41, 5.74) is 1.56. The molecule has 3 heterocycles. The fraction of sp³-hybridized carbons (Fsp3) is 0.261. The third-order valence-electron chi connectivity index (χ3n) is 4.68. The van der Waals surface area contributed by atoms with Crippen LogP contribution < -0.4 is 5.32 Å². The summed E-state index contributed by atoms with van der Waals surface area (Å²) in [7, 11) is 0. The second-order valence-electron chi connectivity index (χ2n) is 8.19. The van der Waals surface area contributed by atoms with Crippen LogP contribution in [0.25, 0.3) is 17.2 Å². The van der Waals surface area contributed by atoms with Crippen molar-refractivity contribution in [3.8, 4) is 17.2 Å². The molecule has 158 valence electrons. The van der Waals surface area contributed by atoms with Gasteiger partial charge in [-0.3, -0.25) is 4.79 Å². The number of carbonyl (C=O) groups excluding carboxylic acids is 1. The fourth-order valence-corrected chi connectivity index (χ4v) is 2.98. The number of anilines is 1. The Morgan fingerprint density at radius 3 is 2.58 bits per heavy atom. The smallest absolute Gasteiger partial charge is 0.227 e. The van der Waals surface area contributed by atoms with Crippen LogP contribution in [0.15, 0.2) is 65.3 Å². The molecule has 4 rings (SSSR count). The van der Waals surface area contributed by atoms with Crippen LogP contribution in [0, 0.1) is 0 Å². The second kappa shape index (κ2) is 8.51. The van der Waals surface area contributed by atoms with E-state index in [0.29, 0.717) is 29.8 Å². The maximum absolute atomic E-state index is 12.6. The molecule has 0 saturated carbocycles. The van der Waals surface area contributed by atoms with Crippen molar-refractivity contribution in [2.24, 2.45) is 0 Å². The number of aryl methyl sites for hydroxylation is 1. The molecule has 3 aromatic heterocycles. The van der Waals surface area contributed by atoms with Gasteiger partial charge in [-0.05, 0) is 12.1 Å². The zero-order chi connectivity index (χ0) is 21.8. The van der Waals surface area contributed by atoms with Crippen molar-refractivity contribution >= 4 is 11.7 Å². The van der Waals surface area contributed by atoms with E-state index in [1.54, 1.807) is 10.9 Å². The number of carbonyl (C=O) groups is 1. The van der Waals surface area contributed by atoms with Crippen LogP contribution in [-0.2, 0) is 16.6 Å². The number of hydrogen-bond acceptors (Lipinski definition) is 6. The Morgan fingerprint density at radius 2 is 1.87 bits per heavy atom. The number of hydrogen-bond donors (Lipinski definition) is 1. The first-order chi connectivity index (χ1) is 14.9. The van der Waals surface area contributed by atoms with Crippen LogP contribution in [0.4, 0.5) is 5.82 Å². The highest BCUT2D eigenvalue weighted by molar-refractivity contribution is 5.90. The lowest BCUT2D eigenvalue weighted by molar-refractivity contribution is -0.116. The van der Waals surface area contributed by atoms with E-state index in [2.05, 4.69) is 46.3 Å². The largest absolute Gasteiger partial charge is 0.339 e. The van der Waals surface area contributed by atoms with Gasteiger partial charge in [-0.15, -0.1) is 0 Å². The van der Waals surface area contributed by atoms with Crippen LogP contribution in [0.5, 0.6) is 0 Å². The lowest BCUT2D eigenvalue weighted by atomic mass is 9.92. The minimum absolute atomic E-state index is 0.169. The van der Waals surface area contributed by atoms with Crippen molar-refractivity contribution in [3.63, 3.8) is 0 Å². The van der Waals surface area contributed by atoms with Crippen molar-refractivity contribution in [1.82, 2.24) is 24.9 Å². The molecule has 31 heavy (non-hydrogen) atoms. The van der Waals surface area contributed by atoms with E-state index in [4.69, 9.17) is 4.52 Å². The second-order valence-corrected chi connectivity index (χ2v) is 8.19. The lowest BCUT2D eigenvalue weighted by Gasteiger charge is -2.13. The van der Waals surface area contributed by atoms with Gasteiger partial charge in [-0.1, -0.05) is 62.3 Å². The normalized spacial score (nSPS) is 11.5. The SMILES string of the molecule is CC(C)(C)c1cc(NC(=O)CCc2nc(-c3ccccc3)no2)n(-c2ccccn2)n1. The Morgan fingerprint density at radius 1 is 1.10 bits per heavy atom. The molecule has 8 heteroatoms. The molecule has 4 aromatic rings.